The molecule has 0 radical (unpaired) electrons. The lowest BCUT2D eigenvalue weighted by molar-refractivity contribution is 0.0964. The maximum absolute atomic E-state index is 5.54. The molecule has 0 aliphatic carbocycles. The van der Waals surface area contributed by atoms with E-state index in [2.05, 4.69) is 24.1 Å². The van der Waals surface area contributed by atoms with Crippen molar-refractivity contribution in [3.8, 4) is 5.88 Å². The minimum Gasteiger partial charge on any atom is -0.475 e. The van der Waals surface area contributed by atoms with Crippen molar-refractivity contribution in [2.45, 2.75) is 33.2 Å². The zero-order chi connectivity index (χ0) is 13.1. The summed E-state index contributed by atoms with van der Waals surface area (Å²) in [6.45, 7) is 7.95. The minimum absolute atomic E-state index is 0.557. The molecule has 0 saturated heterocycles. The number of hydrogen-bond donors (Lipinski definition) is 1. The summed E-state index contributed by atoms with van der Waals surface area (Å²) >= 11 is 0. The molecule has 1 heterocycles. The van der Waals surface area contributed by atoms with E-state index in [-0.39, 0.29) is 0 Å². The standard InChI is InChI=1S/C14H24N2O2/c1-3-5-9-17-10-11-18-14-8-6-7-13(16-14)12-15-4-2/h6-8,15H,3-5,9-12H2,1-2H3. The molecule has 1 aromatic rings. The Kier molecular flexibility index (Phi) is 8.17. The number of rotatable bonds is 10. The number of unbranched alkanes of at least 4 members (excludes halogenated alkanes) is 1. The van der Waals surface area contributed by atoms with Crippen LogP contribution in [-0.2, 0) is 11.3 Å². The molecule has 0 aromatic carbocycles. The van der Waals surface area contributed by atoms with Crippen LogP contribution in [0.4, 0.5) is 0 Å². The Hall–Kier alpha value is -1.13. The normalized spacial score (nSPS) is 10.6. The quantitative estimate of drug-likeness (QED) is 0.649. The van der Waals surface area contributed by atoms with Gasteiger partial charge < -0.3 is 14.8 Å². The predicted molar refractivity (Wildman–Crippen MR) is 72.8 cm³/mol. The summed E-state index contributed by atoms with van der Waals surface area (Å²) < 4.78 is 11.0. The summed E-state index contributed by atoms with van der Waals surface area (Å²) in [5.41, 5.74) is 1.00. The predicted octanol–water partition coefficient (Wildman–Crippen LogP) is 2.39. The number of aromatic nitrogens is 1. The highest BCUT2D eigenvalue weighted by Crippen LogP contribution is 2.07. The number of pyridine rings is 1. The van der Waals surface area contributed by atoms with Gasteiger partial charge in [0.15, 0.2) is 0 Å². The van der Waals surface area contributed by atoms with Crippen LogP contribution in [0.25, 0.3) is 0 Å². The smallest absolute Gasteiger partial charge is 0.213 e. The first-order valence-corrected chi connectivity index (χ1v) is 6.74. The van der Waals surface area contributed by atoms with E-state index in [0.29, 0.717) is 19.1 Å². The third-order valence-corrected chi connectivity index (χ3v) is 2.46. The molecule has 4 nitrogen and oxygen atoms in total. The van der Waals surface area contributed by atoms with E-state index in [1.165, 1.54) is 0 Å². The molecule has 0 aliphatic heterocycles. The van der Waals surface area contributed by atoms with Crippen LogP contribution in [-0.4, -0.2) is 31.3 Å². The Bertz CT molecular complexity index is 318. The highest BCUT2D eigenvalue weighted by Gasteiger charge is 1.98. The maximum atomic E-state index is 5.54. The van der Waals surface area contributed by atoms with Crippen molar-refractivity contribution in [2.75, 3.05) is 26.4 Å². The van der Waals surface area contributed by atoms with Crippen molar-refractivity contribution in [1.29, 1.82) is 0 Å². The Morgan fingerprint density at radius 3 is 2.83 bits per heavy atom. The fraction of sp³-hybridized carbons (Fsp3) is 0.643. The van der Waals surface area contributed by atoms with Gasteiger partial charge >= 0.3 is 0 Å². The molecule has 1 N–H and O–H groups in total. The molecule has 1 aromatic heterocycles. The van der Waals surface area contributed by atoms with Crippen molar-refractivity contribution in [3.05, 3.63) is 23.9 Å². The average Bonchev–Trinajstić information content (AvgIpc) is 2.41. The van der Waals surface area contributed by atoms with Crippen LogP contribution in [0.2, 0.25) is 0 Å². The number of nitrogens with one attached hydrogen (secondary N) is 1. The minimum atomic E-state index is 0.557. The zero-order valence-electron chi connectivity index (χ0n) is 11.4. The molecule has 0 spiro atoms. The number of ether oxygens (including phenoxy) is 2. The zero-order valence-corrected chi connectivity index (χ0v) is 11.4. The molecule has 0 fully saturated rings. The van der Waals surface area contributed by atoms with E-state index < -0.39 is 0 Å². The van der Waals surface area contributed by atoms with Gasteiger partial charge in [-0.05, 0) is 19.0 Å². The first-order valence-electron chi connectivity index (χ1n) is 6.74. The molecule has 0 unspecified atom stereocenters. The van der Waals surface area contributed by atoms with Crippen LogP contribution >= 0.6 is 0 Å². The highest BCUT2D eigenvalue weighted by molar-refractivity contribution is 5.15. The second-order valence-electron chi connectivity index (χ2n) is 4.06. The summed E-state index contributed by atoms with van der Waals surface area (Å²) in [5.74, 6) is 0.671. The van der Waals surface area contributed by atoms with Crippen LogP contribution in [0, 0.1) is 0 Å². The monoisotopic (exact) mass is 252 g/mol. The second kappa shape index (κ2) is 9.85. The van der Waals surface area contributed by atoms with Gasteiger partial charge in [0.05, 0.1) is 12.3 Å². The first kappa shape index (κ1) is 14.9. The Morgan fingerprint density at radius 2 is 2.06 bits per heavy atom. The van der Waals surface area contributed by atoms with Gasteiger partial charge in [0.25, 0.3) is 0 Å². The average molecular weight is 252 g/mol. The van der Waals surface area contributed by atoms with Gasteiger partial charge in [0.1, 0.15) is 6.61 Å². The van der Waals surface area contributed by atoms with E-state index in [1.807, 2.05) is 18.2 Å². The highest BCUT2D eigenvalue weighted by atomic mass is 16.5. The van der Waals surface area contributed by atoms with Gasteiger partial charge in [-0.2, -0.15) is 0 Å². The lowest BCUT2D eigenvalue weighted by Gasteiger charge is -2.07. The van der Waals surface area contributed by atoms with Gasteiger partial charge in [-0.25, -0.2) is 4.98 Å². The second-order valence-corrected chi connectivity index (χ2v) is 4.06. The lowest BCUT2D eigenvalue weighted by atomic mass is 10.3. The fourth-order valence-corrected chi connectivity index (χ4v) is 1.44. The van der Waals surface area contributed by atoms with Crippen molar-refractivity contribution in [2.24, 2.45) is 0 Å². The SMILES string of the molecule is CCCCOCCOc1cccc(CNCC)n1. The van der Waals surface area contributed by atoms with Crippen LogP contribution < -0.4 is 10.1 Å². The molecule has 0 bridgehead atoms. The Morgan fingerprint density at radius 1 is 1.17 bits per heavy atom. The van der Waals surface area contributed by atoms with Crippen LogP contribution in [0.1, 0.15) is 32.4 Å². The van der Waals surface area contributed by atoms with Crippen LogP contribution in [0.3, 0.4) is 0 Å². The summed E-state index contributed by atoms with van der Waals surface area (Å²) in [6.07, 6.45) is 2.27. The molecule has 0 aliphatic rings. The van der Waals surface area contributed by atoms with Crippen molar-refractivity contribution in [3.63, 3.8) is 0 Å². The fourth-order valence-electron chi connectivity index (χ4n) is 1.44. The van der Waals surface area contributed by atoms with E-state index in [4.69, 9.17) is 9.47 Å². The Balaban J connectivity index is 2.20. The molecule has 18 heavy (non-hydrogen) atoms. The molecular formula is C14H24N2O2. The molecular weight excluding hydrogens is 228 g/mol. The Labute approximate surface area is 110 Å². The van der Waals surface area contributed by atoms with E-state index >= 15 is 0 Å². The number of nitrogens with zero attached hydrogens (tertiary/aromatic N) is 1. The van der Waals surface area contributed by atoms with E-state index in [0.717, 1.165) is 38.2 Å². The lowest BCUT2D eigenvalue weighted by Crippen LogP contribution is -2.13. The summed E-state index contributed by atoms with van der Waals surface area (Å²) in [5, 5.41) is 3.24. The summed E-state index contributed by atoms with van der Waals surface area (Å²) in [7, 11) is 0. The third kappa shape index (κ3) is 6.57. The van der Waals surface area contributed by atoms with Gasteiger partial charge in [-0.1, -0.05) is 26.3 Å². The van der Waals surface area contributed by atoms with Crippen molar-refractivity contribution < 1.29 is 9.47 Å². The molecule has 1 rings (SSSR count). The molecule has 4 heteroatoms. The van der Waals surface area contributed by atoms with E-state index in [9.17, 15) is 0 Å². The van der Waals surface area contributed by atoms with Crippen LogP contribution in [0.5, 0.6) is 5.88 Å². The molecule has 0 amide bonds. The van der Waals surface area contributed by atoms with E-state index in [1.54, 1.807) is 0 Å². The molecule has 102 valence electrons. The summed E-state index contributed by atoms with van der Waals surface area (Å²) in [4.78, 5) is 4.40. The maximum Gasteiger partial charge on any atom is 0.213 e. The summed E-state index contributed by atoms with van der Waals surface area (Å²) in [6, 6.07) is 5.84. The van der Waals surface area contributed by atoms with Crippen LogP contribution in [0.15, 0.2) is 18.2 Å². The largest absolute Gasteiger partial charge is 0.475 e. The third-order valence-electron chi connectivity index (χ3n) is 2.46. The van der Waals surface area contributed by atoms with Crippen molar-refractivity contribution >= 4 is 0 Å². The van der Waals surface area contributed by atoms with Crippen molar-refractivity contribution in [1.82, 2.24) is 10.3 Å². The molecule has 0 atom stereocenters. The number of hydrogen-bond acceptors (Lipinski definition) is 4. The molecule has 0 saturated carbocycles. The van der Waals surface area contributed by atoms with Gasteiger partial charge in [-0.15, -0.1) is 0 Å². The topological polar surface area (TPSA) is 43.4 Å². The first-order chi connectivity index (χ1) is 8.86. The van der Waals surface area contributed by atoms with Gasteiger partial charge in [0.2, 0.25) is 5.88 Å². The van der Waals surface area contributed by atoms with Gasteiger partial charge in [-0.3, -0.25) is 0 Å². The van der Waals surface area contributed by atoms with Gasteiger partial charge in [0, 0.05) is 19.2 Å².